The van der Waals surface area contributed by atoms with Crippen molar-refractivity contribution < 1.29 is 0 Å². The zero-order chi connectivity index (χ0) is 7.98. The summed E-state index contributed by atoms with van der Waals surface area (Å²) in [7, 11) is 4.22. The number of hydrogen-bond donors (Lipinski definition) is 0. The first kappa shape index (κ1) is 10.9. The Morgan fingerprint density at radius 1 is 1.20 bits per heavy atom. The molecule has 0 atom stereocenters. The summed E-state index contributed by atoms with van der Waals surface area (Å²) in [5.41, 5.74) is 0. The van der Waals surface area contributed by atoms with E-state index in [9.17, 15) is 0 Å². The van der Waals surface area contributed by atoms with Crippen LogP contribution in [0.5, 0.6) is 0 Å². The van der Waals surface area contributed by atoms with Gasteiger partial charge >= 0.3 is 32.3 Å². The fraction of sp³-hybridized carbons (Fsp3) is 0. The predicted molar refractivity (Wildman–Crippen MR) is 48.6 cm³/mol. The van der Waals surface area contributed by atoms with Crippen molar-refractivity contribution in [3.63, 3.8) is 0 Å². The van der Waals surface area contributed by atoms with Crippen molar-refractivity contribution in [2.24, 2.45) is 0 Å². The van der Waals surface area contributed by atoms with Crippen LogP contribution < -0.4 is 0 Å². The van der Waals surface area contributed by atoms with Gasteiger partial charge in [-0.25, -0.2) is 0 Å². The molecule has 0 aromatic heterocycles. The first-order valence-corrected chi connectivity index (χ1v) is 8.24. The summed E-state index contributed by atoms with van der Waals surface area (Å²) in [6.07, 6.45) is 0. The first-order chi connectivity index (χ1) is 4.79. The van der Waals surface area contributed by atoms with E-state index in [0.717, 1.165) is 23.7 Å². The van der Waals surface area contributed by atoms with E-state index < -0.39 is 0 Å². The Labute approximate surface area is 89.0 Å². The standard InChI is InChI=1S/C6H3Cl2.Pb.S/c7-5-2-1-3-6(8)4-5;;/h2-4H;;. The summed E-state index contributed by atoms with van der Waals surface area (Å²) in [6, 6.07) is 7.75. The van der Waals surface area contributed by atoms with Gasteiger partial charge < -0.3 is 0 Å². The third kappa shape index (κ3) is 4.71. The van der Waals surface area contributed by atoms with Gasteiger partial charge in [-0.2, -0.15) is 0 Å². The molecule has 0 aliphatic heterocycles. The van der Waals surface area contributed by atoms with E-state index in [1.54, 1.807) is 18.2 Å². The van der Waals surface area contributed by atoms with E-state index in [4.69, 9.17) is 23.2 Å². The van der Waals surface area contributed by atoms with Crippen molar-refractivity contribution in [2.75, 3.05) is 0 Å². The predicted octanol–water partition coefficient (Wildman–Crippen LogP) is 3.06. The Kier molecular flexibility index (Phi) is 7.27. The second-order valence-corrected chi connectivity index (χ2v) is 2.24. The fourth-order valence-electron chi connectivity index (χ4n) is 0.416. The van der Waals surface area contributed by atoms with Gasteiger partial charge in [0.15, 0.2) is 0 Å². The summed E-state index contributed by atoms with van der Waals surface area (Å²) < 4.78 is 0. The summed E-state index contributed by atoms with van der Waals surface area (Å²) >= 11 is 11.9. The van der Waals surface area contributed by atoms with E-state index in [1.165, 1.54) is 0 Å². The molecule has 0 fully saturated rings. The van der Waals surface area contributed by atoms with Crippen molar-refractivity contribution in [2.45, 2.75) is 0 Å². The monoisotopic (exact) mass is 385 g/mol. The molecule has 0 aliphatic rings. The molecule has 3 radical (unpaired) electrons. The molecule has 1 aromatic rings. The van der Waals surface area contributed by atoms with Crippen LogP contribution in [0.25, 0.3) is 0 Å². The summed E-state index contributed by atoms with van der Waals surface area (Å²) in [5, 5.41) is 1.25. The third-order valence-electron chi connectivity index (χ3n) is 0.718. The zero-order valence-corrected chi connectivity index (χ0v) is 11.1. The van der Waals surface area contributed by atoms with Crippen LogP contribution in [0.3, 0.4) is 0 Å². The van der Waals surface area contributed by atoms with Gasteiger partial charge in [-0.1, -0.05) is 23.2 Å². The van der Waals surface area contributed by atoms with Crippen molar-refractivity contribution >= 4 is 55.5 Å². The molecule has 51 valence electrons. The molecule has 4 heteroatoms. The van der Waals surface area contributed by atoms with Gasteiger partial charge in [-0.15, -0.1) is 0 Å². The van der Waals surface area contributed by atoms with Gasteiger partial charge in [0.2, 0.25) is 0 Å². The Morgan fingerprint density at radius 2 is 1.60 bits per heavy atom. The topological polar surface area (TPSA) is 0 Å². The van der Waals surface area contributed by atoms with Crippen LogP contribution in [0.15, 0.2) is 18.2 Å². The molecule has 0 saturated carbocycles. The maximum absolute atomic E-state index is 5.53. The first-order valence-electron chi connectivity index (χ1n) is 2.31. The van der Waals surface area contributed by atoms with Crippen LogP contribution in [0.4, 0.5) is 0 Å². The van der Waals surface area contributed by atoms with E-state index in [0.29, 0.717) is 10.0 Å². The molecule has 0 unspecified atom stereocenters. The third-order valence-corrected chi connectivity index (χ3v) is 1.15. The van der Waals surface area contributed by atoms with E-state index in [-0.39, 0.29) is 0 Å². The van der Waals surface area contributed by atoms with Crippen LogP contribution in [0.1, 0.15) is 0 Å². The van der Waals surface area contributed by atoms with Crippen LogP contribution in [-0.2, 0) is 0 Å². The Bertz CT molecular complexity index is 187. The van der Waals surface area contributed by atoms with Gasteiger partial charge in [-0.3, -0.25) is 0 Å². The Morgan fingerprint density at radius 3 is 1.80 bits per heavy atom. The average molecular weight is 385 g/mol. The van der Waals surface area contributed by atoms with Crippen LogP contribution in [0, 0.1) is 6.07 Å². The second kappa shape index (κ2) is 6.64. The van der Waals surface area contributed by atoms with Gasteiger partial charge in [0.05, 0.1) is 0 Å². The number of halogens is 2. The molecule has 0 heterocycles. The minimum absolute atomic E-state index is 0.623. The molecular weight excluding hydrogens is 382 g/mol. The quantitative estimate of drug-likeness (QED) is 0.619. The summed E-state index contributed by atoms with van der Waals surface area (Å²) in [4.78, 5) is 0. The zero-order valence-electron chi connectivity index (χ0n) is 4.90. The average Bonchev–Trinajstić information content (AvgIpc) is 1.91. The van der Waals surface area contributed by atoms with Crippen LogP contribution >= 0.6 is 31.8 Å². The molecule has 10 heavy (non-hydrogen) atoms. The van der Waals surface area contributed by atoms with E-state index >= 15 is 0 Å². The molecule has 0 saturated heterocycles. The van der Waals surface area contributed by atoms with Gasteiger partial charge in [0.25, 0.3) is 0 Å². The minimum atomic E-state index is 0.623. The van der Waals surface area contributed by atoms with Gasteiger partial charge in [0, 0.05) is 10.0 Å². The van der Waals surface area contributed by atoms with Crippen molar-refractivity contribution in [3.8, 4) is 0 Å². The van der Waals surface area contributed by atoms with Gasteiger partial charge in [-0.05, 0) is 24.3 Å². The van der Waals surface area contributed by atoms with Crippen molar-refractivity contribution in [1.29, 1.82) is 0 Å². The molecule has 0 N–H and O–H groups in total. The molecule has 0 aliphatic carbocycles. The molecule has 0 spiro atoms. The fourth-order valence-corrected chi connectivity index (χ4v) is 0.833. The Hall–Kier alpha value is 0.942. The van der Waals surface area contributed by atoms with Crippen molar-refractivity contribution in [1.82, 2.24) is 0 Å². The molecule has 0 bridgehead atoms. The molecule has 1 rings (SSSR count). The van der Waals surface area contributed by atoms with Gasteiger partial charge in [0.1, 0.15) is 0 Å². The molecule has 0 nitrogen and oxygen atoms in total. The number of rotatable bonds is 0. The normalized spacial score (nSPS) is 7.80. The van der Waals surface area contributed by atoms with Crippen molar-refractivity contribution in [3.05, 3.63) is 34.3 Å². The maximum atomic E-state index is 5.53. The van der Waals surface area contributed by atoms with Crippen LogP contribution in [0.2, 0.25) is 10.0 Å². The number of benzene rings is 1. The summed E-state index contributed by atoms with van der Waals surface area (Å²) in [6.45, 7) is 0. The Balaban J connectivity index is 0.000000371. The summed E-state index contributed by atoms with van der Waals surface area (Å²) in [5.74, 6) is 0. The van der Waals surface area contributed by atoms with E-state index in [2.05, 4.69) is 14.7 Å². The molecule has 1 aromatic carbocycles. The number of hydrogen-bond acceptors (Lipinski definition) is 1. The molecule has 0 amide bonds. The second-order valence-electron chi connectivity index (χ2n) is 1.37. The SMILES string of the molecule is Clc1c[c]cc(Cl)c1.[S]=[Pb]. The van der Waals surface area contributed by atoms with Crippen LogP contribution in [-0.4, -0.2) is 23.7 Å². The molecular formula is C6H3Cl2PbS. The van der Waals surface area contributed by atoms with E-state index in [1.807, 2.05) is 0 Å².